The molecule has 0 bridgehead atoms. The molecule has 1 saturated heterocycles. The van der Waals surface area contributed by atoms with Gasteiger partial charge in [-0.15, -0.1) is 0 Å². The van der Waals surface area contributed by atoms with Gasteiger partial charge in [0.1, 0.15) is 28.9 Å². The molecule has 0 aliphatic carbocycles. The van der Waals surface area contributed by atoms with Gasteiger partial charge in [0, 0.05) is 18.5 Å². The Bertz CT molecular complexity index is 1280. The topological polar surface area (TPSA) is 89.0 Å². The van der Waals surface area contributed by atoms with E-state index in [2.05, 4.69) is 4.98 Å². The highest BCUT2D eigenvalue weighted by Gasteiger charge is 2.48. The third-order valence-electron chi connectivity index (χ3n) is 5.30. The van der Waals surface area contributed by atoms with Crippen LogP contribution in [0, 0.1) is 11.6 Å². The molecule has 33 heavy (non-hydrogen) atoms. The Kier molecular flexibility index (Phi) is 5.78. The third kappa shape index (κ3) is 3.78. The number of aliphatic hydroxyl groups is 1. The highest BCUT2D eigenvalue weighted by atomic mass is 19.1. The van der Waals surface area contributed by atoms with Crippen molar-refractivity contribution in [2.24, 2.45) is 0 Å². The molecule has 0 radical (unpaired) electrons. The summed E-state index contributed by atoms with van der Waals surface area (Å²) in [6.07, 6.45) is 2.87. The van der Waals surface area contributed by atoms with Crippen molar-refractivity contribution in [3.8, 4) is 11.5 Å². The van der Waals surface area contributed by atoms with Crippen LogP contribution in [0.25, 0.3) is 5.76 Å². The van der Waals surface area contributed by atoms with Gasteiger partial charge < -0.3 is 14.6 Å². The number of carbonyl (C=O) groups is 2. The van der Waals surface area contributed by atoms with E-state index >= 15 is 0 Å². The number of rotatable bonds is 5. The van der Waals surface area contributed by atoms with E-state index < -0.39 is 35.1 Å². The van der Waals surface area contributed by atoms with Crippen LogP contribution in [0.2, 0.25) is 0 Å². The van der Waals surface area contributed by atoms with Crippen LogP contribution >= 0.6 is 0 Å². The third-order valence-corrected chi connectivity index (χ3v) is 5.30. The molecule has 0 spiro atoms. The normalized spacial score (nSPS) is 17.3. The first-order valence-corrected chi connectivity index (χ1v) is 9.75. The van der Waals surface area contributed by atoms with Crippen LogP contribution in [-0.2, 0) is 9.59 Å². The smallest absolute Gasteiger partial charge is 0.300 e. The Hall–Kier alpha value is -4.27. The Balaban J connectivity index is 1.99. The molecule has 9 heteroatoms. The quantitative estimate of drug-likeness (QED) is 0.358. The number of methoxy groups -OCH3 is 2. The van der Waals surface area contributed by atoms with Gasteiger partial charge >= 0.3 is 0 Å². The summed E-state index contributed by atoms with van der Waals surface area (Å²) in [5.74, 6) is -3.92. The molecule has 1 atom stereocenters. The number of ketones is 1. The summed E-state index contributed by atoms with van der Waals surface area (Å²) >= 11 is 0. The largest absolute Gasteiger partial charge is 0.507 e. The van der Waals surface area contributed by atoms with Gasteiger partial charge in [0.25, 0.3) is 11.7 Å². The van der Waals surface area contributed by atoms with Crippen LogP contribution in [0.3, 0.4) is 0 Å². The maximum Gasteiger partial charge on any atom is 0.300 e. The van der Waals surface area contributed by atoms with Crippen molar-refractivity contribution < 1.29 is 33.0 Å². The number of hydrogen-bond acceptors (Lipinski definition) is 6. The molecule has 168 valence electrons. The van der Waals surface area contributed by atoms with Crippen LogP contribution < -0.4 is 14.4 Å². The number of pyridine rings is 1. The second-order valence-electron chi connectivity index (χ2n) is 7.11. The average molecular weight is 452 g/mol. The van der Waals surface area contributed by atoms with Gasteiger partial charge in [0.15, 0.2) is 0 Å². The summed E-state index contributed by atoms with van der Waals surface area (Å²) in [5.41, 5.74) is -0.108. The summed E-state index contributed by atoms with van der Waals surface area (Å²) in [6, 6.07) is 9.09. The predicted octanol–water partition coefficient (Wildman–Crippen LogP) is 4.00. The highest BCUT2D eigenvalue weighted by molar-refractivity contribution is 6.51. The van der Waals surface area contributed by atoms with E-state index in [0.717, 1.165) is 17.0 Å². The maximum absolute atomic E-state index is 14.7. The molecule has 3 aromatic rings. The first-order valence-electron chi connectivity index (χ1n) is 9.75. The van der Waals surface area contributed by atoms with Crippen molar-refractivity contribution in [2.45, 2.75) is 6.04 Å². The molecule has 4 rings (SSSR count). The number of benzene rings is 2. The zero-order valence-corrected chi connectivity index (χ0v) is 17.6. The number of Topliss-reactive ketones (excluding diaryl/α,β-unsaturated/α-hetero) is 1. The number of amides is 1. The highest BCUT2D eigenvalue weighted by Crippen LogP contribution is 2.44. The molecule has 7 nitrogen and oxygen atoms in total. The van der Waals surface area contributed by atoms with Crippen LogP contribution in [-0.4, -0.2) is 36.0 Å². The minimum Gasteiger partial charge on any atom is -0.507 e. The van der Waals surface area contributed by atoms with Crippen LogP contribution in [0.15, 0.2) is 66.5 Å². The second-order valence-corrected chi connectivity index (χ2v) is 7.11. The number of anilines is 1. The summed E-state index contributed by atoms with van der Waals surface area (Å²) in [6.45, 7) is 0. The minimum atomic E-state index is -1.20. The number of aliphatic hydroxyl groups excluding tert-OH is 1. The second kappa shape index (κ2) is 8.70. The number of ether oxygens (including phenoxy) is 2. The monoisotopic (exact) mass is 452 g/mol. The first kappa shape index (κ1) is 21.9. The van der Waals surface area contributed by atoms with Gasteiger partial charge in [0.2, 0.25) is 0 Å². The zero-order valence-electron chi connectivity index (χ0n) is 17.6. The SMILES string of the molecule is COc1ccc(OC)c(/C(O)=C2\C(=O)C(=O)N(c3ccc(F)cc3F)C2c2ccncc2)c1. The van der Waals surface area contributed by atoms with Gasteiger partial charge in [-0.25, -0.2) is 8.78 Å². The summed E-state index contributed by atoms with van der Waals surface area (Å²) in [5, 5.41) is 11.2. The molecule has 1 N–H and O–H groups in total. The Morgan fingerprint density at radius 2 is 1.73 bits per heavy atom. The Morgan fingerprint density at radius 3 is 2.36 bits per heavy atom. The molecule has 1 aromatic heterocycles. The summed E-state index contributed by atoms with van der Waals surface area (Å²) < 4.78 is 38.7. The summed E-state index contributed by atoms with van der Waals surface area (Å²) in [7, 11) is 2.81. The number of carbonyl (C=O) groups excluding carboxylic acids is 2. The average Bonchev–Trinajstić information content (AvgIpc) is 3.09. The Labute approximate surface area is 187 Å². The number of halogens is 2. The van der Waals surface area contributed by atoms with Crippen molar-refractivity contribution in [1.82, 2.24) is 4.98 Å². The fraction of sp³-hybridized carbons (Fsp3) is 0.125. The predicted molar refractivity (Wildman–Crippen MR) is 115 cm³/mol. The molecule has 1 aliphatic rings. The van der Waals surface area contributed by atoms with Crippen molar-refractivity contribution in [3.05, 3.63) is 89.3 Å². The number of hydrogen-bond donors (Lipinski definition) is 1. The molecule has 2 heterocycles. The number of aromatic nitrogens is 1. The van der Waals surface area contributed by atoms with Crippen molar-refractivity contribution in [2.75, 3.05) is 19.1 Å². The van der Waals surface area contributed by atoms with Gasteiger partial charge in [-0.2, -0.15) is 0 Å². The molecule has 1 fully saturated rings. The van der Waals surface area contributed by atoms with E-state index in [0.29, 0.717) is 17.4 Å². The lowest BCUT2D eigenvalue weighted by molar-refractivity contribution is -0.132. The number of nitrogens with zero attached hydrogens (tertiary/aromatic N) is 2. The first-order chi connectivity index (χ1) is 15.9. The summed E-state index contributed by atoms with van der Waals surface area (Å²) in [4.78, 5) is 31.0. The molecular weight excluding hydrogens is 434 g/mol. The molecule has 1 unspecified atom stereocenters. The molecule has 1 aliphatic heterocycles. The molecular formula is C24H18F2N2O5. The van der Waals surface area contributed by atoms with E-state index in [1.807, 2.05) is 0 Å². The van der Waals surface area contributed by atoms with Gasteiger partial charge in [0.05, 0.1) is 37.1 Å². The van der Waals surface area contributed by atoms with E-state index in [9.17, 15) is 23.5 Å². The van der Waals surface area contributed by atoms with Crippen LogP contribution in [0.1, 0.15) is 17.2 Å². The zero-order chi connectivity index (χ0) is 23.7. The van der Waals surface area contributed by atoms with E-state index in [4.69, 9.17) is 9.47 Å². The van der Waals surface area contributed by atoms with E-state index in [1.165, 1.54) is 50.9 Å². The minimum absolute atomic E-state index is 0.105. The van der Waals surface area contributed by atoms with Gasteiger partial charge in [-0.05, 0) is 48.0 Å². The fourth-order valence-electron chi connectivity index (χ4n) is 3.76. The van der Waals surface area contributed by atoms with Crippen LogP contribution in [0.5, 0.6) is 11.5 Å². The van der Waals surface area contributed by atoms with E-state index in [-0.39, 0.29) is 22.6 Å². The van der Waals surface area contributed by atoms with E-state index in [1.54, 1.807) is 6.07 Å². The molecule has 0 saturated carbocycles. The van der Waals surface area contributed by atoms with Gasteiger partial charge in [-0.3, -0.25) is 19.5 Å². The lowest BCUT2D eigenvalue weighted by atomic mass is 9.95. The lowest BCUT2D eigenvalue weighted by Gasteiger charge is -2.25. The molecule has 2 aromatic carbocycles. The van der Waals surface area contributed by atoms with Crippen molar-refractivity contribution in [3.63, 3.8) is 0 Å². The van der Waals surface area contributed by atoms with Crippen LogP contribution in [0.4, 0.5) is 14.5 Å². The standard InChI is InChI=1S/C24H18F2N2O5/c1-32-15-4-6-19(33-2)16(12-15)22(29)20-21(13-7-9-27-10-8-13)28(24(31)23(20)30)18-5-3-14(25)11-17(18)26/h3-12,21,29H,1-2H3/b22-20+. The van der Waals surface area contributed by atoms with Crippen molar-refractivity contribution >= 4 is 23.1 Å². The van der Waals surface area contributed by atoms with Gasteiger partial charge in [-0.1, -0.05) is 0 Å². The lowest BCUT2D eigenvalue weighted by Crippen LogP contribution is -2.30. The fourth-order valence-corrected chi connectivity index (χ4v) is 3.76. The van der Waals surface area contributed by atoms with Crippen molar-refractivity contribution in [1.29, 1.82) is 0 Å². The molecule has 1 amide bonds. The maximum atomic E-state index is 14.7. The Morgan fingerprint density at radius 1 is 1.00 bits per heavy atom.